The first-order chi connectivity index (χ1) is 21.2. The van der Waals surface area contributed by atoms with Crippen molar-refractivity contribution < 1.29 is 19.1 Å². The van der Waals surface area contributed by atoms with Crippen molar-refractivity contribution >= 4 is 29.1 Å². The van der Waals surface area contributed by atoms with Gasteiger partial charge in [-0.2, -0.15) is 0 Å². The molecule has 1 fully saturated rings. The monoisotopic (exact) mass is 599 g/mol. The maximum atomic E-state index is 13.5. The van der Waals surface area contributed by atoms with Crippen LogP contribution < -0.4 is 20.3 Å². The van der Waals surface area contributed by atoms with E-state index in [4.69, 9.17) is 4.74 Å². The number of nitrogens with one attached hydrogen (secondary N) is 2. The molecule has 1 saturated heterocycles. The highest BCUT2D eigenvalue weighted by Crippen LogP contribution is 2.24. The second-order valence-corrected chi connectivity index (χ2v) is 11.4. The van der Waals surface area contributed by atoms with E-state index in [1.807, 2.05) is 42.5 Å². The number of hydrogen-bond donors (Lipinski definition) is 2. The first kappa shape index (κ1) is 32.5. The number of carbonyl (C=O) groups excluding carboxylic acids is 3. The zero-order chi connectivity index (χ0) is 31.5. The number of hydrogen-bond acceptors (Lipinski definition) is 6. The average Bonchev–Trinajstić information content (AvgIpc) is 3.05. The Bertz CT molecular complexity index is 1360. The van der Waals surface area contributed by atoms with Gasteiger partial charge >= 0.3 is 0 Å². The Morgan fingerprint density at radius 3 is 2.18 bits per heavy atom. The standard InChI is InChI=1S/C35H45N5O4/c1-26-34(42)36-21-9-23-40(25-28-13-17-30(18-14-28)39(3)29-10-6-5-7-11-29)22-8-12-33(41)37-32(35(43)38(26)2)24-27-15-19-31(44-4)20-16-27/h5-7,10-11,13-20,26,32H,8-9,12,21-25H2,1-4H3,(H,36,42)(H,37,41)/t26-,32-/m0/s1. The Balaban J connectivity index is 1.43. The van der Waals surface area contributed by atoms with Gasteiger partial charge in [-0.25, -0.2) is 0 Å². The summed E-state index contributed by atoms with van der Waals surface area (Å²) in [6.45, 7) is 4.46. The van der Waals surface area contributed by atoms with Gasteiger partial charge in [0.15, 0.2) is 0 Å². The average molecular weight is 600 g/mol. The Kier molecular flexibility index (Phi) is 11.8. The summed E-state index contributed by atoms with van der Waals surface area (Å²) in [6.07, 6.45) is 2.04. The number of rotatable bonds is 7. The highest BCUT2D eigenvalue weighted by molar-refractivity contribution is 5.92. The molecule has 3 amide bonds. The molecule has 2 atom stereocenters. The zero-order valence-electron chi connectivity index (χ0n) is 26.3. The molecule has 44 heavy (non-hydrogen) atoms. The lowest BCUT2D eigenvalue weighted by molar-refractivity contribution is -0.141. The molecule has 3 aromatic rings. The summed E-state index contributed by atoms with van der Waals surface area (Å²) in [4.78, 5) is 45.5. The van der Waals surface area contributed by atoms with Gasteiger partial charge in [0, 0.05) is 57.9 Å². The molecule has 0 unspecified atom stereocenters. The number of nitrogens with zero attached hydrogens (tertiary/aromatic N) is 3. The molecule has 0 aromatic heterocycles. The smallest absolute Gasteiger partial charge is 0.245 e. The molecule has 0 saturated carbocycles. The van der Waals surface area contributed by atoms with E-state index in [-0.39, 0.29) is 17.7 Å². The van der Waals surface area contributed by atoms with Gasteiger partial charge in [-0.05, 0) is 73.8 Å². The van der Waals surface area contributed by atoms with Crippen LogP contribution in [0.1, 0.15) is 37.3 Å². The van der Waals surface area contributed by atoms with Crippen LogP contribution in [0.2, 0.25) is 0 Å². The molecule has 1 aliphatic heterocycles. The molecule has 1 heterocycles. The predicted molar refractivity (Wildman–Crippen MR) is 174 cm³/mol. The van der Waals surface area contributed by atoms with Crippen molar-refractivity contribution in [2.45, 2.75) is 51.2 Å². The fraction of sp³-hybridized carbons (Fsp3) is 0.400. The number of amides is 3. The van der Waals surface area contributed by atoms with Gasteiger partial charge in [0.1, 0.15) is 17.8 Å². The summed E-state index contributed by atoms with van der Waals surface area (Å²) in [5, 5.41) is 5.95. The molecule has 0 bridgehead atoms. The van der Waals surface area contributed by atoms with Crippen LogP contribution >= 0.6 is 0 Å². The molecule has 234 valence electrons. The minimum absolute atomic E-state index is 0.175. The van der Waals surface area contributed by atoms with Crippen molar-refractivity contribution in [3.05, 3.63) is 90.0 Å². The largest absolute Gasteiger partial charge is 0.497 e. The number of benzene rings is 3. The summed E-state index contributed by atoms with van der Waals surface area (Å²) >= 11 is 0. The summed E-state index contributed by atoms with van der Waals surface area (Å²) in [6, 6.07) is 24.8. The summed E-state index contributed by atoms with van der Waals surface area (Å²) in [5.74, 6) is 0.0312. The highest BCUT2D eigenvalue weighted by Gasteiger charge is 2.30. The van der Waals surface area contributed by atoms with Crippen LogP contribution in [0.5, 0.6) is 5.75 Å². The summed E-state index contributed by atoms with van der Waals surface area (Å²) in [5.41, 5.74) is 4.30. The lowest BCUT2D eigenvalue weighted by Crippen LogP contribution is -2.54. The number of likely N-dealkylation sites (N-methyl/N-ethyl adjacent to an activating group) is 1. The first-order valence-electron chi connectivity index (χ1n) is 15.3. The SMILES string of the molecule is COc1ccc(C[C@@H]2NC(=O)CCCN(Cc3ccc(N(C)c4ccccc4)cc3)CCCNC(=O)[C@H](C)N(C)C2=O)cc1. The topological polar surface area (TPSA) is 94.2 Å². The van der Waals surface area contributed by atoms with E-state index in [1.165, 1.54) is 10.5 Å². The first-order valence-corrected chi connectivity index (χ1v) is 15.3. The van der Waals surface area contributed by atoms with Gasteiger partial charge in [0.25, 0.3) is 0 Å². The second kappa shape index (κ2) is 15.9. The molecule has 2 N–H and O–H groups in total. The lowest BCUT2D eigenvalue weighted by Gasteiger charge is -2.29. The van der Waals surface area contributed by atoms with E-state index in [1.54, 1.807) is 21.1 Å². The molecule has 0 radical (unpaired) electrons. The molecule has 0 aliphatic carbocycles. The van der Waals surface area contributed by atoms with Crippen LogP contribution in [0.25, 0.3) is 0 Å². The van der Waals surface area contributed by atoms with Crippen LogP contribution in [-0.2, 0) is 27.3 Å². The van der Waals surface area contributed by atoms with Gasteiger partial charge in [0.05, 0.1) is 7.11 Å². The number of methoxy groups -OCH3 is 1. The normalized spacial score (nSPS) is 19.4. The Morgan fingerprint density at radius 1 is 0.864 bits per heavy atom. The van der Waals surface area contributed by atoms with Gasteiger partial charge < -0.3 is 25.2 Å². The van der Waals surface area contributed by atoms with E-state index >= 15 is 0 Å². The zero-order valence-corrected chi connectivity index (χ0v) is 26.3. The van der Waals surface area contributed by atoms with E-state index in [2.05, 4.69) is 63.9 Å². The van der Waals surface area contributed by atoms with Crippen LogP contribution in [0.3, 0.4) is 0 Å². The van der Waals surface area contributed by atoms with Gasteiger partial charge in [-0.3, -0.25) is 19.3 Å². The van der Waals surface area contributed by atoms with E-state index in [0.717, 1.165) is 43.0 Å². The maximum Gasteiger partial charge on any atom is 0.245 e. The third-order valence-corrected chi connectivity index (χ3v) is 8.24. The van der Waals surface area contributed by atoms with Crippen molar-refractivity contribution in [3.8, 4) is 5.75 Å². The molecule has 1 aliphatic rings. The third kappa shape index (κ3) is 9.07. The molecular weight excluding hydrogens is 554 g/mol. The number of carbonyl (C=O) groups is 3. The minimum Gasteiger partial charge on any atom is -0.497 e. The van der Waals surface area contributed by atoms with Crippen LogP contribution in [-0.4, -0.2) is 80.4 Å². The molecule has 3 aromatic carbocycles. The van der Waals surface area contributed by atoms with E-state index in [9.17, 15) is 14.4 Å². The Morgan fingerprint density at radius 2 is 1.50 bits per heavy atom. The van der Waals surface area contributed by atoms with Crippen molar-refractivity contribution in [2.24, 2.45) is 0 Å². The minimum atomic E-state index is -0.787. The number of anilines is 2. The van der Waals surface area contributed by atoms with Crippen LogP contribution in [0.15, 0.2) is 78.9 Å². The molecule has 9 nitrogen and oxygen atoms in total. The summed E-state index contributed by atoms with van der Waals surface area (Å²) in [7, 11) is 5.27. The predicted octanol–water partition coefficient (Wildman–Crippen LogP) is 4.14. The Hall–Kier alpha value is -4.37. The van der Waals surface area contributed by atoms with Crippen molar-refractivity contribution in [2.75, 3.05) is 45.7 Å². The van der Waals surface area contributed by atoms with Crippen LogP contribution in [0, 0.1) is 0 Å². The quantitative estimate of drug-likeness (QED) is 0.424. The van der Waals surface area contributed by atoms with Crippen molar-refractivity contribution in [1.82, 2.24) is 20.4 Å². The van der Waals surface area contributed by atoms with Gasteiger partial charge in [-0.1, -0.05) is 42.5 Å². The van der Waals surface area contributed by atoms with Crippen molar-refractivity contribution in [3.63, 3.8) is 0 Å². The number of para-hydroxylation sites is 1. The van der Waals surface area contributed by atoms with E-state index < -0.39 is 12.1 Å². The number of ether oxygens (including phenoxy) is 1. The van der Waals surface area contributed by atoms with E-state index in [0.29, 0.717) is 31.6 Å². The molecule has 4 rings (SSSR count). The van der Waals surface area contributed by atoms with Gasteiger partial charge in [0.2, 0.25) is 17.7 Å². The van der Waals surface area contributed by atoms with Crippen LogP contribution in [0.4, 0.5) is 11.4 Å². The molecule has 9 heteroatoms. The second-order valence-electron chi connectivity index (χ2n) is 11.4. The summed E-state index contributed by atoms with van der Waals surface area (Å²) < 4.78 is 5.25. The molecular formula is C35H45N5O4. The van der Waals surface area contributed by atoms with Gasteiger partial charge in [-0.15, -0.1) is 0 Å². The maximum absolute atomic E-state index is 13.5. The lowest BCUT2D eigenvalue weighted by atomic mass is 10.0. The Labute approximate surface area is 261 Å². The third-order valence-electron chi connectivity index (χ3n) is 8.24. The highest BCUT2D eigenvalue weighted by atomic mass is 16.5. The molecule has 0 spiro atoms. The fourth-order valence-electron chi connectivity index (χ4n) is 5.36. The fourth-order valence-corrected chi connectivity index (χ4v) is 5.36. The van der Waals surface area contributed by atoms with Crippen molar-refractivity contribution in [1.29, 1.82) is 0 Å².